The Morgan fingerprint density at radius 3 is 2.00 bits per heavy atom. The van der Waals surface area contributed by atoms with Crippen LogP contribution in [-0.4, -0.2) is 11.9 Å². The molecule has 30 heavy (non-hydrogen) atoms. The number of para-hydroxylation sites is 1. The second kappa shape index (κ2) is 11.6. The van der Waals surface area contributed by atoms with Crippen molar-refractivity contribution in [3.63, 3.8) is 0 Å². The number of carbonyl (C=O) groups is 2. The average Bonchev–Trinajstić information content (AvgIpc) is 2.77. The van der Waals surface area contributed by atoms with E-state index < -0.39 is 11.9 Å². The van der Waals surface area contributed by atoms with Gasteiger partial charge in [0.2, 0.25) is 0 Å². The molecule has 2 aromatic carbocycles. The van der Waals surface area contributed by atoms with Crippen molar-refractivity contribution >= 4 is 23.1 Å². The maximum atomic E-state index is 12.1. The molecule has 0 saturated heterocycles. The van der Waals surface area contributed by atoms with Gasteiger partial charge in [-0.05, 0) is 35.6 Å². The highest BCUT2D eigenvalue weighted by Gasteiger charge is 2.21. The van der Waals surface area contributed by atoms with Gasteiger partial charge in [0, 0.05) is 17.7 Å². The third-order valence-electron chi connectivity index (χ3n) is 4.54. The van der Waals surface area contributed by atoms with E-state index in [1.54, 1.807) is 12.1 Å². The number of ether oxygens (including phenoxy) is 2. The van der Waals surface area contributed by atoms with Crippen molar-refractivity contribution in [2.75, 3.05) is 0 Å². The lowest BCUT2D eigenvalue weighted by molar-refractivity contribution is -0.131. The van der Waals surface area contributed by atoms with Crippen molar-refractivity contribution in [3.05, 3.63) is 85.0 Å². The number of hydrogen-bond donors (Lipinski definition) is 0. The minimum absolute atomic E-state index is 0.171. The molecule has 0 aliphatic rings. The molecule has 4 nitrogen and oxygen atoms in total. The van der Waals surface area contributed by atoms with Crippen LogP contribution in [0.3, 0.4) is 0 Å². The van der Waals surface area contributed by atoms with E-state index in [0.29, 0.717) is 0 Å². The zero-order valence-corrected chi connectivity index (χ0v) is 17.6. The molecule has 0 aliphatic carbocycles. The van der Waals surface area contributed by atoms with Gasteiger partial charge < -0.3 is 9.47 Å². The molecule has 0 atom stereocenters. The molecular formula is C26H28O4. The Hall–Kier alpha value is -3.40. The van der Waals surface area contributed by atoms with Crippen molar-refractivity contribution in [1.29, 1.82) is 0 Å². The topological polar surface area (TPSA) is 52.6 Å². The Morgan fingerprint density at radius 2 is 1.40 bits per heavy atom. The van der Waals surface area contributed by atoms with E-state index >= 15 is 0 Å². The van der Waals surface area contributed by atoms with Crippen molar-refractivity contribution in [1.82, 2.24) is 0 Å². The van der Waals surface area contributed by atoms with Crippen LogP contribution in [0.15, 0.2) is 73.8 Å². The van der Waals surface area contributed by atoms with Crippen LogP contribution in [0, 0.1) is 0 Å². The number of benzene rings is 2. The van der Waals surface area contributed by atoms with Crippen LogP contribution < -0.4 is 9.47 Å². The lowest BCUT2D eigenvalue weighted by Crippen LogP contribution is -2.10. The van der Waals surface area contributed by atoms with E-state index in [2.05, 4.69) is 39.1 Å². The van der Waals surface area contributed by atoms with E-state index in [9.17, 15) is 9.59 Å². The predicted octanol–water partition coefficient (Wildman–Crippen LogP) is 6.38. The molecule has 0 radical (unpaired) electrons. The van der Waals surface area contributed by atoms with Gasteiger partial charge in [-0.15, -0.1) is 0 Å². The van der Waals surface area contributed by atoms with Gasteiger partial charge in [-0.3, -0.25) is 0 Å². The summed E-state index contributed by atoms with van der Waals surface area (Å²) < 4.78 is 10.9. The third kappa shape index (κ3) is 5.80. The van der Waals surface area contributed by atoms with Crippen LogP contribution in [0.5, 0.6) is 11.5 Å². The molecule has 0 aromatic heterocycles. The molecule has 2 rings (SSSR count). The standard InChI is InChI=1S/C26H28O4/c1-5-13-20(19-15-10-9-11-16-19)21(14-6-2)22-17-12-18-23(29-24(27)7-3)26(22)30-25(28)8-4/h7-12,15-18H,3-6,13-14H2,1-2H3. The first-order valence-corrected chi connectivity index (χ1v) is 10.1. The molecule has 156 valence electrons. The Balaban J connectivity index is 2.78. The van der Waals surface area contributed by atoms with E-state index in [0.717, 1.165) is 54.5 Å². The third-order valence-corrected chi connectivity index (χ3v) is 4.54. The van der Waals surface area contributed by atoms with E-state index in [1.807, 2.05) is 24.3 Å². The van der Waals surface area contributed by atoms with Crippen LogP contribution in [0.1, 0.15) is 50.7 Å². The largest absolute Gasteiger partial charge is 0.419 e. The minimum Gasteiger partial charge on any atom is -0.419 e. The minimum atomic E-state index is -0.624. The SMILES string of the molecule is C=CC(=O)Oc1cccc(C(CCC)=C(CCC)c2ccccc2)c1OC(=O)C=C. The van der Waals surface area contributed by atoms with Crippen molar-refractivity contribution < 1.29 is 19.1 Å². The van der Waals surface area contributed by atoms with Gasteiger partial charge in [0.05, 0.1) is 0 Å². The van der Waals surface area contributed by atoms with Crippen LogP contribution in [-0.2, 0) is 9.59 Å². The van der Waals surface area contributed by atoms with Gasteiger partial charge in [-0.1, -0.05) is 82.3 Å². The van der Waals surface area contributed by atoms with Crippen molar-refractivity contribution in [2.45, 2.75) is 39.5 Å². The number of esters is 2. The summed E-state index contributed by atoms with van der Waals surface area (Å²) in [6.45, 7) is 11.1. The zero-order valence-electron chi connectivity index (χ0n) is 17.6. The van der Waals surface area contributed by atoms with Gasteiger partial charge in [0.1, 0.15) is 0 Å². The van der Waals surface area contributed by atoms with Gasteiger partial charge in [-0.25, -0.2) is 9.59 Å². The summed E-state index contributed by atoms with van der Waals surface area (Å²) in [4.78, 5) is 23.9. The quantitative estimate of drug-likeness (QED) is 0.199. The first-order chi connectivity index (χ1) is 14.5. The molecule has 4 heteroatoms. The lowest BCUT2D eigenvalue weighted by Gasteiger charge is -2.20. The number of carbonyl (C=O) groups excluding carboxylic acids is 2. The number of rotatable bonds is 10. The Kier molecular flexibility index (Phi) is 8.82. The monoisotopic (exact) mass is 404 g/mol. The molecule has 0 N–H and O–H groups in total. The Bertz CT molecular complexity index is 939. The average molecular weight is 405 g/mol. The van der Waals surface area contributed by atoms with Crippen LogP contribution in [0.2, 0.25) is 0 Å². The molecule has 0 fully saturated rings. The molecule has 2 aromatic rings. The molecule has 0 unspecified atom stereocenters. The van der Waals surface area contributed by atoms with Crippen LogP contribution in [0.4, 0.5) is 0 Å². The maximum absolute atomic E-state index is 12.1. The molecule has 0 bridgehead atoms. The lowest BCUT2D eigenvalue weighted by atomic mass is 9.88. The fourth-order valence-corrected chi connectivity index (χ4v) is 3.29. The molecule has 0 amide bonds. The number of allylic oxidation sites excluding steroid dienone is 2. The molecule has 0 saturated carbocycles. The van der Waals surface area contributed by atoms with Crippen LogP contribution in [0.25, 0.3) is 11.1 Å². The molecular weight excluding hydrogens is 376 g/mol. The highest BCUT2D eigenvalue weighted by molar-refractivity contribution is 5.95. The fraction of sp³-hybridized carbons (Fsp3) is 0.231. The second-order valence-electron chi connectivity index (χ2n) is 6.71. The summed E-state index contributed by atoms with van der Waals surface area (Å²) in [5.41, 5.74) is 4.10. The molecule has 0 spiro atoms. The van der Waals surface area contributed by atoms with Gasteiger partial charge >= 0.3 is 11.9 Å². The smallest absolute Gasteiger partial charge is 0.335 e. The summed E-state index contributed by atoms with van der Waals surface area (Å²) in [5, 5.41) is 0. The zero-order chi connectivity index (χ0) is 21.9. The Morgan fingerprint density at radius 1 is 0.800 bits per heavy atom. The first-order valence-electron chi connectivity index (χ1n) is 10.1. The fourth-order valence-electron chi connectivity index (χ4n) is 3.29. The van der Waals surface area contributed by atoms with E-state index in [4.69, 9.17) is 9.47 Å². The summed E-state index contributed by atoms with van der Waals surface area (Å²) in [6, 6.07) is 15.4. The van der Waals surface area contributed by atoms with E-state index in [1.165, 1.54) is 5.57 Å². The van der Waals surface area contributed by atoms with Gasteiger partial charge in [-0.2, -0.15) is 0 Å². The summed E-state index contributed by atoms with van der Waals surface area (Å²) in [5.74, 6) is -0.859. The number of hydrogen-bond acceptors (Lipinski definition) is 4. The summed E-state index contributed by atoms with van der Waals surface area (Å²) >= 11 is 0. The summed E-state index contributed by atoms with van der Waals surface area (Å²) in [7, 11) is 0. The molecule has 0 aliphatic heterocycles. The Labute approximate surface area is 178 Å². The highest BCUT2D eigenvalue weighted by Crippen LogP contribution is 2.42. The first kappa shape index (κ1) is 22.9. The van der Waals surface area contributed by atoms with Crippen molar-refractivity contribution in [2.24, 2.45) is 0 Å². The van der Waals surface area contributed by atoms with E-state index in [-0.39, 0.29) is 11.5 Å². The van der Waals surface area contributed by atoms with Crippen LogP contribution >= 0.6 is 0 Å². The molecule has 0 heterocycles. The maximum Gasteiger partial charge on any atom is 0.335 e. The predicted molar refractivity (Wildman–Crippen MR) is 121 cm³/mol. The van der Waals surface area contributed by atoms with Gasteiger partial charge in [0.25, 0.3) is 0 Å². The van der Waals surface area contributed by atoms with Gasteiger partial charge in [0.15, 0.2) is 11.5 Å². The highest BCUT2D eigenvalue weighted by atomic mass is 16.6. The summed E-state index contributed by atoms with van der Waals surface area (Å²) in [6.07, 6.45) is 5.67. The van der Waals surface area contributed by atoms with Crippen molar-refractivity contribution in [3.8, 4) is 11.5 Å². The second-order valence-corrected chi connectivity index (χ2v) is 6.71. The normalized spacial score (nSPS) is 11.3.